The number of guanidine groups is 1. The Hall–Kier alpha value is -13.9. The van der Waals surface area contributed by atoms with Crippen molar-refractivity contribution in [2.75, 3.05) is 79.1 Å². The zero-order valence-corrected chi connectivity index (χ0v) is 79.1. The number of H-pyrrole nitrogens is 2. The third-order valence-electron chi connectivity index (χ3n) is 23.9. The van der Waals surface area contributed by atoms with Crippen LogP contribution < -0.4 is 86.6 Å². The second-order valence-corrected chi connectivity index (χ2v) is 35.5. The third-order valence-corrected chi connectivity index (χ3v) is 25.0. The van der Waals surface area contributed by atoms with Crippen LogP contribution in [0.5, 0.6) is 11.5 Å². The maximum absolute atomic E-state index is 15.7. The first-order valence-corrected chi connectivity index (χ1v) is 46.4. The van der Waals surface area contributed by atoms with Crippen molar-refractivity contribution in [2.45, 2.75) is 209 Å². The number of fused-ring (bicyclic) bond motifs is 2. The van der Waals surface area contributed by atoms with Gasteiger partial charge in [0, 0.05) is 106 Å². The van der Waals surface area contributed by atoms with Crippen LogP contribution >= 0.6 is 11.8 Å². The number of hydrogen-bond acceptors (Lipinski definition) is 24. The summed E-state index contributed by atoms with van der Waals surface area (Å²) in [6.07, 6.45) is 1.00. The van der Waals surface area contributed by atoms with Crippen LogP contribution in [0.2, 0.25) is 0 Å². The summed E-state index contributed by atoms with van der Waals surface area (Å²) in [4.78, 5) is 253. The number of nitrogens with two attached hydrogens (primary N) is 5. The van der Waals surface area contributed by atoms with Gasteiger partial charge in [-0.2, -0.15) is 0 Å². The second kappa shape index (κ2) is 51.7. The number of aromatic nitrogens is 2. The Balaban J connectivity index is 0.979. The van der Waals surface area contributed by atoms with Crippen molar-refractivity contribution < 1.29 is 102 Å². The highest BCUT2D eigenvalue weighted by Crippen LogP contribution is 2.34. The van der Waals surface area contributed by atoms with Gasteiger partial charge in [0.25, 0.3) is 0 Å². The lowest BCUT2D eigenvalue weighted by Gasteiger charge is -2.35. The summed E-state index contributed by atoms with van der Waals surface area (Å²) in [7, 11) is 5.59. The third kappa shape index (κ3) is 30.3. The van der Waals surface area contributed by atoms with E-state index in [1.165, 1.54) is 69.2 Å². The van der Waals surface area contributed by atoms with E-state index in [-0.39, 0.29) is 75.3 Å². The first-order chi connectivity index (χ1) is 65.1. The highest BCUT2D eigenvalue weighted by atomic mass is 32.2. The predicted molar refractivity (Wildman–Crippen MR) is 507 cm³/mol. The second-order valence-electron chi connectivity index (χ2n) is 34.5. The number of para-hydroxylation sites is 2. The molecule has 8 rings (SSSR count). The zero-order chi connectivity index (χ0) is 101. The van der Waals surface area contributed by atoms with Crippen molar-refractivity contribution in [3.8, 4) is 22.8 Å². The maximum Gasteiger partial charge on any atom is 0.246 e. The monoisotopic (exact) mass is 1920 g/mol. The molecule has 13 unspecified atom stereocenters. The topological polar surface area (TPSA) is 682 Å². The van der Waals surface area contributed by atoms with Crippen LogP contribution in [0.4, 0.5) is 0 Å². The van der Waals surface area contributed by atoms with Crippen molar-refractivity contribution in [1.29, 1.82) is 5.41 Å². The molecule has 17 amide bonds. The molecule has 2 aromatic heterocycles. The summed E-state index contributed by atoms with van der Waals surface area (Å²) in [5, 5.41) is 66.7. The Labute approximate surface area is 796 Å². The summed E-state index contributed by atoms with van der Waals surface area (Å²) in [6, 6.07) is 7.59. The van der Waals surface area contributed by atoms with Crippen LogP contribution in [0.25, 0.3) is 33.1 Å². The molecule has 744 valence electrons. The van der Waals surface area contributed by atoms with Gasteiger partial charge in [0.1, 0.15) is 90.0 Å². The van der Waals surface area contributed by atoms with Gasteiger partial charge < -0.3 is 136 Å². The van der Waals surface area contributed by atoms with Crippen molar-refractivity contribution >= 4 is 140 Å². The average molecular weight is 1930 g/mol. The van der Waals surface area contributed by atoms with Crippen molar-refractivity contribution in [2.24, 2.45) is 34.6 Å². The fourth-order valence-electron chi connectivity index (χ4n) is 16.4. The Kier molecular flexibility index (Phi) is 40.9. The van der Waals surface area contributed by atoms with E-state index in [1.54, 1.807) is 74.6 Å². The quantitative estimate of drug-likeness (QED) is 0.0133. The van der Waals surface area contributed by atoms with Crippen LogP contribution in [0.3, 0.4) is 0 Å². The Morgan fingerprint density at radius 2 is 1.15 bits per heavy atom. The van der Waals surface area contributed by atoms with E-state index in [0.29, 0.717) is 81.2 Å². The van der Waals surface area contributed by atoms with Gasteiger partial charge in [0.2, 0.25) is 100 Å². The standard InChI is InChI=1S/C92H129N23O21S/c1-10-12-23-70(79(96)123)112(7)91(135)72(24-13-11-2)113(8)88(132)65(39-59-58-20-15-17-22-61(58)104-78(59)52-28-32-56(136-9)33-29-52)108-84(128)68(46-116)110-82(126)62(37-53-42-99-60-21-16-14-19-57(53)60)105-86(130)73-38-55(118)45-115(73)90(134)63(35-49(3)4)107-83(127)67(41-93)109-85(129)71-25-18-34-114(71)89(133)66(40-74(94)119)106-80(124)50(5)111(6)87(131)64(36-51-26-30-54(117)31-27-51)102-77(122)48-137-47-69(81(125)100-43-75(95)120)103-76(121)44-101-92(97)98/h14-17,19-22,26-33,42,49-50,55,62-73,99,104,116-118H,10-13,18,23-25,34-41,43-48,93H2,1-9H3,(H2,94,119)(H2,95,120)(H2,96,123)(H,100,125)(H,102,122)(H,103,121)(H,105,130)(H,106,124)(H,107,127)(H,108,128)(H,109,129)(H,110,126)(H4,97,98,101)/t50?,55-,62?,63?,64?,65?,66?,67?,68?,69?,70?,71?,72?,73?/m1/s1. The summed E-state index contributed by atoms with van der Waals surface area (Å²) >= 11 is 0.828. The number of benzene rings is 4. The molecule has 4 aromatic carbocycles. The molecule has 44 nitrogen and oxygen atoms in total. The first kappa shape index (κ1) is 108. The van der Waals surface area contributed by atoms with E-state index in [4.69, 9.17) is 38.8 Å². The van der Waals surface area contributed by atoms with Crippen LogP contribution in [0.1, 0.15) is 122 Å². The molecule has 137 heavy (non-hydrogen) atoms. The van der Waals surface area contributed by atoms with E-state index >= 15 is 24.0 Å². The number of primary amides is 3. The smallest absolute Gasteiger partial charge is 0.246 e. The Morgan fingerprint density at radius 1 is 0.577 bits per heavy atom. The van der Waals surface area contributed by atoms with E-state index in [1.807, 2.05) is 32.0 Å². The number of β-amino-alcohol motifs (C(OH)–C–C–N with tert-alkyl or cyclic N) is 1. The molecule has 0 saturated carbocycles. The number of unbranched alkanes of at least 4 members (excludes halogenated alkanes) is 2. The van der Waals surface area contributed by atoms with Gasteiger partial charge in [-0.3, -0.25) is 86.9 Å². The molecule has 0 spiro atoms. The number of amides is 17. The van der Waals surface area contributed by atoms with Crippen LogP contribution in [0.15, 0.2) is 103 Å². The van der Waals surface area contributed by atoms with E-state index in [2.05, 4.69) is 63.1 Å². The summed E-state index contributed by atoms with van der Waals surface area (Å²) in [5.41, 5.74) is 32.2. The van der Waals surface area contributed by atoms with Gasteiger partial charge in [-0.05, 0) is 116 Å². The lowest BCUT2D eigenvalue weighted by molar-refractivity contribution is -0.149. The molecule has 2 fully saturated rings. The normalized spacial score (nSPS) is 16.4. The van der Waals surface area contributed by atoms with Gasteiger partial charge in [-0.15, -0.1) is 11.8 Å². The number of methoxy groups -OCH3 is 1. The first-order valence-electron chi connectivity index (χ1n) is 45.3. The number of ether oxygens (including phenoxy) is 1. The number of phenolic OH excluding ortho intramolecular Hbond substituents is 1. The molecule has 0 radical (unpaired) electrons. The number of aliphatic hydroxyl groups is 2. The minimum atomic E-state index is -1.87. The minimum Gasteiger partial charge on any atom is -0.508 e. The molecule has 45 heteroatoms. The van der Waals surface area contributed by atoms with E-state index < -0.39 is 242 Å². The molecular weight excluding hydrogens is 1800 g/mol. The molecule has 14 atom stereocenters. The number of rotatable bonds is 52. The van der Waals surface area contributed by atoms with E-state index in [0.717, 1.165) is 26.5 Å². The van der Waals surface area contributed by atoms with Crippen LogP contribution in [0, 0.1) is 11.3 Å². The van der Waals surface area contributed by atoms with Gasteiger partial charge >= 0.3 is 0 Å². The average Bonchev–Trinajstić information content (AvgIpc) is 1.63. The van der Waals surface area contributed by atoms with Crippen molar-refractivity contribution in [1.82, 2.24) is 87.6 Å². The van der Waals surface area contributed by atoms with E-state index in [9.17, 15) is 72.9 Å². The number of aliphatic hydroxyl groups excluding tert-OH is 2. The number of likely N-dealkylation sites (N-methyl/N-ethyl adjacent to an activating group) is 3. The van der Waals surface area contributed by atoms with Crippen LogP contribution in [-0.4, -0.2) is 320 Å². The van der Waals surface area contributed by atoms with Crippen molar-refractivity contribution in [3.63, 3.8) is 0 Å². The van der Waals surface area contributed by atoms with Gasteiger partial charge in [0.05, 0.1) is 45.1 Å². The summed E-state index contributed by atoms with van der Waals surface area (Å²) < 4.78 is 5.46. The SMILES string of the molecule is CCCCC(C(=O)N(C)C(CCCC)C(N)=O)N(C)C(=O)C(Cc1c(-c2ccc(OC)cc2)[nH]c2ccccc12)NC(=O)C(CO)NC(=O)C(Cc1c[nH]c2ccccc12)NC(=O)C1C[C@@H](O)CN1C(=O)C(CC(C)C)NC(=O)C(CN)NC(=O)C1CCCN1C(=O)C(CC(N)=O)NC(=O)C(C)N(C)C(=O)C(Cc1ccc(O)cc1)NC(=O)CSCC(NC(=O)CNC(=N)N)C(=O)NCC(N)=O. The summed E-state index contributed by atoms with van der Waals surface area (Å²) in [6.45, 7) is 5.16. The number of phenols is 1. The highest BCUT2D eigenvalue weighted by Gasteiger charge is 2.46. The number of hydrogen-bond donors (Lipinski definition) is 21. The fourth-order valence-corrected chi connectivity index (χ4v) is 17.3. The number of aromatic hydroxyl groups is 1. The van der Waals surface area contributed by atoms with Crippen LogP contribution in [-0.2, 0) is 101 Å². The molecule has 0 aliphatic carbocycles. The number of likely N-dealkylation sites (tertiary alicyclic amines) is 2. The lowest BCUT2D eigenvalue weighted by Crippen LogP contribution is -2.62. The Morgan fingerprint density at radius 3 is 1.77 bits per heavy atom. The van der Waals surface area contributed by atoms with Crippen molar-refractivity contribution in [3.05, 3.63) is 120 Å². The largest absolute Gasteiger partial charge is 0.508 e. The number of nitrogens with one attached hydrogen (secondary N) is 13. The fraction of sp³-hybridized carbons (Fsp3) is 0.500. The van der Waals surface area contributed by atoms with Gasteiger partial charge in [-0.1, -0.05) is 102 Å². The molecule has 26 N–H and O–H groups in total. The van der Waals surface area contributed by atoms with Gasteiger partial charge in [0.15, 0.2) is 5.96 Å². The number of carbonyl (C=O) groups excluding carboxylic acids is 17. The predicted octanol–water partition coefficient (Wildman–Crippen LogP) is -3.05. The van der Waals surface area contributed by atoms with Gasteiger partial charge in [-0.25, -0.2) is 0 Å². The molecule has 2 aliphatic heterocycles. The molecular formula is C92H129N23O21S. The molecule has 4 heterocycles. The lowest BCUT2D eigenvalue weighted by atomic mass is 9.96. The number of thioether (sulfide) groups is 1. The number of carbonyl (C=O) groups is 17. The highest BCUT2D eigenvalue weighted by molar-refractivity contribution is 8.00. The maximum atomic E-state index is 15.7. The zero-order valence-electron chi connectivity index (χ0n) is 78.3. The summed E-state index contributed by atoms with van der Waals surface area (Å²) in [5.74, 6) is -16.5. The molecule has 0 bridgehead atoms. The molecule has 2 saturated heterocycles. The molecule has 6 aromatic rings. The number of nitrogens with zero attached hydrogens (tertiary/aromatic N) is 5. The molecule has 2 aliphatic rings. The number of aromatic amines is 2. The minimum absolute atomic E-state index is 0.0259. The Bertz CT molecular complexity index is 5310.